The normalized spacial score (nSPS) is 12.6. The summed E-state index contributed by atoms with van der Waals surface area (Å²) in [5, 5.41) is 3.15. The van der Waals surface area contributed by atoms with E-state index in [4.69, 9.17) is 5.73 Å². The molecule has 0 rings (SSSR count). The SMILES string of the molecule is CCCC(CN)(CCC)C(=O)NC(C)(C)CC. The minimum atomic E-state index is -0.365. The number of nitrogens with two attached hydrogens (primary N) is 1. The quantitative estimate of drug-likeness (QED) is 0.687. The molecule has 0 aromatic heterocycles. The van der Waals surface area contributed by atoms with E-state index in [1.54, 1.807) is 0 Å². The van der Waals surface area contributed by atoms with Crippen molar-refractivity contribution in [3.05, 3.63) is 0 Å². The smallest absolute Gasteiger partial charge is 0.227 e. The second-order valence-corrected chi connectivity index (χ2v) is 5.68. The van der Waals surface area contributed by atoms with Gasteiger partial charge in [0.1, 0.15) is 0 Å². The molecule has 0 radical (unpaired) electrons. The maximum absolute atomic E-state index is 12.5. The third-order valence-corrected chi connectivity index (χ3v) is 3.67. The first-order valence-electron chi connectivity index (χ1n) is 6.90. The molecule has 1 amide bonds. The number of carbonyl (C=O) groups excluding carboxylic acids is 1. The van der Waals surface area contributed by atoms with Gasteiger partial charge < -0.3 is 11.1 Å². The average molecular weight is 242 g/mol. The first kappa shape index (κ1) is 16.4. The Bertz CT molecular complexity index is 230. The zero-order valence-corrected chi connectivity index (χ0v) is 12.2. The van der Waals surface area contributed by atoms with Crippen LogP contribution < -0.4 is 11.1 Å². The van der Waals surface area contributed by atoms with Crippen molar-refractivity contribution in [2.24, 2.45) is 11.1 Å². The second kappa shape index (κ2) is 7.00. The lowest BCUT2D eigenvalue weighted by Gasteiger charge is -2.35. The Morgan fingerprint density at radius 1 is 1.12 bits per heavy atom. The molecule has 0 aromatic carbocycles. The molecule has 0 fully saturated rings. The first-order chi connectivity index (χ1) is 7.87. The Hall–Kier alpha value is -0.570. The summed E-state index contributed by atoms with van der Waals surface area (Å²) >= 11 is 0. The molecule has 0 unspecified atom stereocenters. The van der Waals surface area contributed by atoms with Crippen LogP contribution in [0.4, 0.5) is 0 Å². The Morgan fingerprint density at radius 3 is 1.88 bits per heavy atom. The number of carbonyl (C=O) groups is 1. The van der Waals surface area contributed by atoms with Crippen molar-refractivity contribution in [2.75, 3.05) is 6.54 Å². The molecular formula is C14H30N2O. The molecule has 0 atom stereocenters. The van der Waals surface area contributed by atoms with E-state index in [2.05, 4.69) is 39.9 Å². The fourth-order valence-corrected chi connectivity index (χ4v) is 2.13. The minimum absolute atomic E-state index is 0.135. The summed E-state index contributed by atoms with van der Waals surface area (Å²) in [5.74, 6) is 0.135. The largest absolute Gasteiger partial charge is 0.351 e. The molecule has 0 heterocycles. The third kappa shape index (κ3) is 4.66. The van der Waals surface area contributed by atoms with Gasteiger partial charge in [0.05, 0.1) is 5.41 Å². The molecule has 0 bridgehead atoms. The zero-order chi connectivity index (χ0) is 13.5. The van der Waals surface area contributed by atoms with Gasteiger partial charge in [0.2, 0.25) is 5.91 Å². The van der Waals surface area contributed by atoms with Crippen LogP contribution in [0.1, 0.15) is 66.7 Å². The summed E-state index contributed by atoms with van der Waals surface area (Å²) in [6.45, 7) is 10.9. The van der Waals surface area contributed by atoms with Gasteiger partial charge in [-0.2, -0.15) is 0 Å². The predicted octanol–water partition coefficient (Wildman–Crippen LogP) is 2.84. The highest BCUT2D eigenvalue weighted by molar-refractivity contribution is 5.83. The topological polar surface area (TPSA) is 55.1 Å². The summed E-state index contributed by atoms with van der Waals surface area (Å²) < 4.78 is 0. The van der Waals surface area contributed by atoms with E-state index in [1.165, 1.54) is 0 Å². The van der Waals surface area contributed by atoms with E-state index >= 15 is 0 Å². The molecule has 0 aliphatic heterocycles. The summed E-state index contributed by atoms with van der Waals surface area (Å²) in [6, 6.07) is 0. The maximum Gasteiger partial charge on any atom is 0.227 e. The molecule has 3 nitrogen and oxygen atoms in total. The van der Waals surface area contributed by atoms with Gasteiger partial charge in [-0.05, 0) is 33.1 Å². The highest BCUT2D eigenvalue weighted by Gasteiger charge is 2.37. The van der Waals surface area contributed by atoms with Crippen molar-refractivity contribution < 1.29 is 4.79 Å². The van der Waals surface area contributed by atoms with Gasteiger partial charge in [-0.3, -0.25) is 4.79 Å². The van der Waals surface area contributed by atoms with Crippen molar-refractivity contribution in [1.82, 2.24) is 5.32 Å². The summed E-state index contributed by atoms with van der Waals surface area (Å²) in [6.07, 6.45) is 4.68. The number of nitrogens with one attached hydrogen (secondary N) is 1. The Labute approximate surface area is 107 Å². The Morgan fingerprint density at radius 2 is 1.59 bits per heavy atom. The molecule has 102 valence electrons. The van der Waals surface area contributed by atoms with Crippen LogP contribution in [0.2, 0.25) is 0 Å². The van der Waals surface area contributed by atoms with Crippen molar-refractivity contribution in [3.63, 3.8) is 0 Å². The van der Waals surface area contributed by atoms with Gasteiger partial charge >= 0.3 is 0 Å². The highest BCUT2D eigenvalue weighted by Crippen LogP contribution is 2.30. The monoisotopic (exact) mass is 242 g/mol. The highest BCUT2D eigenvalue weighted by atomic mass is 16.2. The standard InChI is InChI=1S/C14H30N2O/c1-6-9-14(11-15,10-7-2)12(17)16-13(4,5)8-3/h6-11,15H2,1-5H3,(H,16,17). The molecule has 0 aromatic rings. The fourth-order valence-electron chi connectivity index (χ4n) is 2.13. The Kier molecular flexibility index (Phi) is 6.76. The maximum atomic E-state index is 12.5. The number of hydrogen-bond acceptors (Lipinski definition) is 2. The number of amides is 1. The van der Waals surface area contributed by atoms with Gasteiger partial charge in [0.15, 0.2) is 0 Å². The summed E-state index contributed by atoms with van der Waals surface area (Å²) in [4.78, 5) is 12.5. The second-order valence-electron chi connectivity index (χ2n) is 5.68. The van der Waals surface area contributed by atoms with E-state index in [0.717, 1.165) is 32.1 Å². The van der Waals surface area contributed by atoms with Gasteiger partial charge in [-0.1, -0.05) is 33.6 Å². The summed E-state index contributed by atoms with van der Waals surface area (Å²) in [7, 11) is 0. The van der Waals surface area contributed by atoms with Crippen LogP contribution in [0.15, 0.2) is 0 Å². The lowest BCUT2D eigenvalue weighted by Crippen LogP contribution is -2.53. The Balaban J connectivity index is 4.85. The molecule has 3 N–H and O–H groups in total. The van der Waals surface area contributed by atoms with Crippen molar-refractivity contribution in [1.29, 1.82) is 0 Å². The molecule has 0 aliphatic rings. The van der Waals surface area contributed by atoms with E-state index in [0.29, 0.717) is 6.54 Å². The van der Waals surface area contributed by atoms with E-state index < -0.39 is 0 Å². The molecule has 3 heteroatoms. The van der Waals surface area contributed by atoms with Crippen LogP contribution in [0, 0.1) is 5.41 Å². The molecule has 17 heavy (non-hydrogen) atoms. The molecule has 0 saturated heterocycles. The van der Waals surface area contributed by atoms with E-state index in [9.17, 15) is 4.79 Å². The van der Waals surface area contributed by atoms with Crippen LogP contribution in [-0.4, -0.2) is 18.0 Å². The molecule has 0 saturated carbocycles. The van der Waals surface area contributed by atoms with Crippen LogP contribution in [0.3, 0.4) is 0 Å². The third-order valence-electron chi connectivity index (χ3n) is 3.67. The van der Waals surface area contributed by atoms with Gasteiger partial charge in [-0.25, -0.2) is 0 Å². The lowest BCUT2D eigenvalue weighted by atomic mass is 9.77. The van der Waals surface area contributed by atoms with Crippen molar-refractivity contribution >= 4 is 5.91 Å². The van der Waals surface area contributed by atoms with Gasteiger partial charge in [-0.15, -0.1) is 0 Å². The van der Waals surface area contributed by atoms with E-state index in [-0.39, 0.29) is 16.9 Å². The van der Waals surface area contributed by atoms with E-state index in [1.807, 2.05) is 0 Å². The predicted molar refractivity (Wildman–Crippen MR) is 73.8 cm³/mol. The summed E-state index contributed by atoms with van der Waals surface area (Å²) in [5.41, 5.74) is 5.38. The average Bonchev–Trinajstić information content (AvgIpc) is 2.28. The van der Waals surface area contributed by atoms with Crippen molar-refractivity contribution in [3.8, 4) is 0 Å². The molecular weight excluding hydrogens is 212 g/mol. The van der Waals surface area contributed by atoms with Crippen LogP contribution >= 0.6 is 0 Å². The minimum Gasteiger partial charge on any atom is -0.351 e. The number of hydrogen-bond donors (Lipinski definition) is 2. The van der Waals surface area contributed by atoms with Crippen molar-refractivity contribution in [2.45, 2.75) is 72.3 Å². The van der Waals surface area contributed by atoms with Crippen LogP contribution in [0.5, 0.6) is 0 Å². The van der Waals surface area contributed by atoms with Crippen LogP contribution in [0.25, 0.3) is 0 Å². The van der Waals surface area contributed by atoms with Gasteiger partial charge in [0.25, 0.3) is 0 Å². The lowest BCUT2D eigenvalue weighted by molar-refractivity contribution is -0.133. The number of rotatable bonds is 8. The van der Waals surface area contributed by atoms with Gasteiger partial charge in [0, 0.05) is 12.1 Å². The first-order valence-corrected chi connectivity index (χ1v) is 6.90. The zero-order valence-electron chi connectivity index (χ0n) is 12.2. The fraction of sp³-hybridized carbons (Fsp3) is 0.929. The molecule has 0 spiro atoms. The molecule has 0 aliphatic carbocycles. The van der Waals surface area contributed by atoms with Crippen LogP contribution in [-0.2, 0) is 4.79 Å².